The van der Waals surface area contributed by atoms with Crippen molar-refractivity contribution in [2.24, 2.45) is 11.8 Å². The topological polar surface area (TPSA) is 72.2 Å². The molecule has 3 N–H and O–H groups in total. The molecule has 0 rings (SSSR count). The third-order valence-electron chi connectivity index (χ3n) is 3.40. The van der Waals surface area contributed by atoms with Crippen molar-refractivity contribution in [1.29, 1.82) is 0 Å². The van der Waals surface area contributed by atoms with Crippen LogP contribution in [0.3, 0.4) is 0 Å². The van der Waals surface area contributed by atoms with Crippen molar-refractivity contribution in [3.05, 3.63) is 0 Å². The molecule has 5 heteroatoms. The third kappa shape index (κ3) is 3.16. The maximum Gasteiger partial charge on any atom is 0.154 e. The van der Waals surface area contributed by atoms with Crippen LogP contribution in [0.1, 0.15) is 40.5 Å². The van der Waals surface area contributed by atoms with E-state index in [1.807, 2.05) is 0 Å². The molecule has 0 heterocycles. The Kier molecular flexibility index (Phi) is 5.23. The first-order valence-corrected chi connectivity index (χ1v) is 7.27. The lowest BCUT2D eigenvalue weighted by Crippen LogP contribution is -2.57. The van der Waals surface area contributed by atoms with Crippen LogP contribution in [-0.2, 0) is 9.84 Å². The second-order valence-corrected chi connectivity index (χ2v) is 7.19. The Bertz CT molecular complexity index is 282. The number of rotatable bonds is 6. The van der Waals surface area contributed by atoms with Gasteiger partial charge in [0.25, 0.3) is 0 Å². The summed E-state index contributed by atoms with van der Waals surface area (Å²) in [4.78, 5) is 0. The van der Waals surface area contributed by atoms with Crippen LogP contribution in [0.5, 0.6) is 0 Å². The van der Waals surface area contributed by atoms with Crippen molar-refractivity contribution in [3.8, 4) is 0 Å². The Balaban J connectivity index is 5.12. The van der Waals surface area contributed by atoms with Crippen LogP contribution in [0.25, 0.3) is 0 Å². The van der Waals surface area contributed by atoms with Gasteiger partial charge in [-0.25, -0.2) is 8.42 Å². The fourth-order valence-electron chi connectivity index (χ4n) is 1.90. The fourth-order valence-corrected chi connectivity index (χ4v) is 2.62. The van der Waals surface area contributed by atoms with E-state index in [1.54, 1.807) is 13.8 Å². The maximum absolute atomic E-state index is 11.7. The minimum absolute atomic E-state index is 0.206. The van der Waals surface area contributed by atoms with Gasteiger partial charge in [-0.1, -0.05) is 26.7 Å². The minimum atomic E-state index is -3.12. The highest BCUT2D eigenvalue weighted by molar-refractivity contribution is 7.92. The molecule has 0 aromatic rings. The molecule has 1 unspecified atom stereocenters. The summed E-state index contributed by atoms with van der Waals surface area (Å²) in [6.45, 7) is 7.56. The summed E-state index contributed by atoms with van der Waals surface area (Å²) >= 11 is 0. The highest BCUT2D eigenvalue weighted by atomic mass is 32.2. The van der Waals surface area contributed by atoms with E-state index in [4.69, 9.17) is 5.84 Å². The standard InChI is InChI=1S/C10H24N2O2S/c1-6-8(7-2)9(12-11)10(3,4)15(5,13)14/h8-9,12H,6-7,11H2,1-5H3. The molecular formula is C10H24N2O2S. The second kappa shape index (κ2) is 5.27. The van der Waals surface area contributed by atoms with Crippen LogP contribution in [0.15, 0.2) is 0 Å². The van der Waals surface area contributed by atoms with Gasteiger partial charge in [-0.05, 0) is 19.8 Å². The Hall–Kier alpha value is -0.130. The summed E-state index contributed by atoms with van der Waals surface area (Å²) in [5.41, 5.74) is 2.67. The van der Waals surface area contributed by atoms with Crippen LogP contribution in [-0.4, -0.2) is 25.5 Å². The number of hydrogen-bond acceptors (Lipinski definition) is 4. The van der Waals surface area contributed by atoms with Gasteiger partial charge in [-0.3, -0.25) is 11.3 Å². The zero-order valence-corrected chi connectivity index (χ0v) is 11.2. The molecule has 0 aromatic carbocycles. The Morgan fingerprint density at radius 1 is 1.27 bits per heavy atom. The van der Waals surface area contributed by atoms with Crippen LogP contribution in [0.4, 0.5) is 0 Å². The predicted octanol–water partition coefficient (Wildman–Crippen LogP) is 1.08. The molecule has 0 saturated heterocycles. The van der Waals surface area contributed by atoms with Gasteiger partial charge in [0.1, 0.15) is 0 Å². The monoisotopic (exact) mass is 236 g/mol. The summed E-state index contributed by atoms with van der Waals surface area (Å²) in [5.74, 6) is 5.77. The normalized spacial score (nSPS) is 15.7. The highest BCUT2D eigenvalue weighted by Gasteiger charge is 2.41. The molecule has 0 amide bonds. The summed E-state index contributed by atoms with van der Waals surface area (Å²) in [7, 11) is -3.12. The lowest BCUT2D eigenvalue weighted by atomic mass is 9.86. The van der Waals surface area contributed by atoms with Gasteiger partial charge in [0.2, 0.25) is 0 Å². The van der Waals surface area contributed by atoms with Crippen molar-refractivity contribution in [2.45, 2.75) is 51.3 Å². The van der Waals surface area contributed by atoms with E-state index in [9.17, 15) is 8.42 Å². The first-order valence-electron chi connectivity index (χ1n) is 5.38. The lowest BCUT2D eigenvalue weighted by Gasteiger charge is -2.37. The zero-order chi connectivity index (χ0) is 12.3. The van der Waals surface area contributed by atoms with Crippen molar-refractivity contribution < 1.29 is 8.42 Å². The Morgan fingerprint density at radius 2 is 1.67 bits per heavy atom. The number of hydrogen-bond donors (Lipinski definition) is 2. The zero-order valence-electron chi connectivity index (χ0n) is 10.4. The molecule has 0 radical (unpaired) electrons. The van der Waals surface area contributed by atoms with E-state index in [0.29, 0.717) is 0 Å². The van der Waals surface area contributed by atoms with Crippen LogP contribution in [0.2, 0.25) is 0 Å². The molecule has 15 heavy (non-hydrogen) atoms. The Morgan fingerprint density at radius 3 is 1.87 bits per heavy atom. The molecule has 92 valence electrons. The Labute approximate surface area is 93.5 Å². The summed E-state index contributed by atoms with van der Waals surface area (Å²) in [6, 6.07) is -0.206. The molecule has 0 spiro atoms. The fraction of sp³-hybridized carbons (Fsp3) is 1.00. The number of sulfone groups is 1. The smallest absolute Gasteiger partial charge is 0.154 e. The van der Waals surface area contributed by atoms with Crippen molar-refractivity contribution in [2.75, 3.05) is 6.26 Å². The molecule has 0 aliphatic carbocycles. The molecule has 0 aliphatic heterocycles. The highest BCUT2D eigenvalue weighted by Crippen LogP contribution is 2.28. The molecular weight excluding hydrogens is 212 g/mol. The summed E-state index contributed by atoms with van der Waals surface area (Å²) < 4.78 is 22.6. The molecule has 0 fully saturated rings. The second-order valence-electron chi connectivity index (χ2n) is 4.60. The predicted molar refractivity (Wildman–Crippen MR) is 64.1 cm³/mol. The average Bonchev–Trinajstić information content (AvgIpc) is 2.11. The van der Waals surface area contributed by atoms with E-state index < -0.39 is 14.6 Å². The van der Waals surface area contributed by atoms with E-state index in [0.717, 1.165) is 12.8 Å². The van der Waals surface area contributed by atoms with Crippen LogP contribution >= 0.6 is 0 Å². The van der Waals surface area contributed by atoms with E-state index in [1.165, 1.54) is 6.26 Å². The van der Waals surface area contributed by atoms with Crippen molar-refractivity contribution in [1.82, 2.24) is 5.43 Å². The molecule has 1 atom stereocenters. The molecule has 0 aromatic heterocycles. The van der Waals surface area contributed by atoms with Crippen molar-refractivity contribution >= 4 is 9.84 Å². The quantitative estimate of drug-likeness (QED) is 0.534. The average molecular weight is 236 g/mol. The third-order valence-corrected chi connectivity index (χ3v) is 5.57. The van der Waals surface area contributed by atoms with Gasteiger partial charge in [0.05, 0.1) is 4.75 Å². The number of hydrazine groups is 1. The van der Waals surface area contributed by atoms with Gasteiger partial charge in [0.15, 0.2) is 9.84 Å². The molecule has 4 nitrogen and oxygen atoms in total. The van der Waals surface area contributed by atoms with Gasteiger partial charge < -0.3 is 0 Å². The lowest BCUT2D eigenvalue weighted by molar-refractivity contribution is 0.283. The SMILES string of the molecule is CCC(CC)C(NN)C(C)(C)S(C)(=O)=O. The largest absolute Gasteiger partial charge is 0.271 e. The molecule has 0 bridgehead atoms. The first kappa shape index (κ1) is 14.9. The van der Waals surface area contributed by atoms with E-state index in [-0.39, 0.29) is 12.0 Å². The van der Waals surface area contributed by atoms with Gasteiger partial charge in [-0.2, -0.15) is 0 Å². The van der Waals surface area contributed by atoms with Gasteiger partial charge in [0, 0.05) is 12.3 Å². The molecule has 0 aliphatic rings. The van der Waals surface area contributed by atoms with Gasteiger partial charge in [-0.15, -0.1) is 0 Å². The van der Waals surface area contributed by atoms with Crippen LogP contribution < -0.4 is 11.3 Å². The van der Waals surface area contributed by atoms with Crippen LogP contribution in [0, 0.1) is 5.92 Å². The summed E-state index contributed by atoms with van der Waals surface area (Å²) in [6.07, 6.45) is 3.11. The van der Waals surface area contributed by atoms with E-state index in [2.05, 4.69) is 19.3 Å². The van der Waals surface area contributed by atoms with E-state index >= 15 is 0 Å². The number of nitrogens with one attached hydrogen (secondary N) is 1. The maximum atomic E-state index is 11.7. The van der Waals surface area contributed by atoms with Gasteiger partial charge >= 0.3 is 0 Å². The summed E-state index contributed by atoms with van der Waals surface area (Å²) in [5, 5.41) is 0. The van der Waals surface area contributed by atoms with Crippen molar-refractivity contribution in [3.63, 3.8) is 0 Å². The number of nitrogens with two attached hydrogens (primary N) is 1. The minimum Gasteiger partial charge on any atom is -0.271 e. The molecule has 0 saturated carbocycles. The first-order chi connectivity index (χ1) is 6.72.